The summed E-state index contributed by atoms with van der Waals surface area (Å²) in [6, 6.07) is 7.21. The Kier molecular flexibility index (Phi) is 3.60. The summed E-state index contributed by atoms with van der Waals surface area (Å²) in [5.41, 5.74) is 1.48. The second-order valence-electron chi connectivity index (χ2n) is 5.40. The molecule has 102 valence electrons. The highest BCUT2D eigenvalue weighted by atomic mass is 16.4. The zero-order valence-electron chi connectivity index (χ0n) is 11.5. The number of carbonyl (C=O) groups is 2. The Morgan fingerprint density at radius 2 is 1.95 bits per heavy atom. The van der Waals surface area contributed by atoms with E-state index in [1.807, 2.05) is 39.0 Å². The molecule has 1 aromatic carbocycles. The number of carbonyl (C=O) groups excluding carboxylic acids is 1. The number of hydrogen-bond acceptors (Lipinski definition) is 2. The number of amides is 1. The molecule has 2 atom stereocenters. The summed E-state index contributed by atoms with van der Waals surface area (Å²) in [4.78, 5) is 25.4. The van der Waals surface area contributed by atoms with Crippen molar-refractivity contribution in [3.8, 4) is 0 Å². The van der Waals surface area contributed by atoms with E-state index < -0.39 is 11.9 Å². The molecule has 19 heavy (non-hydrogen) atoms. The summed E-state index contributed by atoms with van der Waals surface area (Å²) in [7, 11) is 0. The topological polar surface area (TPSA) is 57.6 Å². The van der Waals surface area contributed by atoms with Gasteiger partial charge in [-0.25, -0.2) is 0 Å². The third-order valence-corrected chi connectivity index (χ3v) is 3.62. The zero-order chi connectivity index (χ0) is 14.2. The Hall–Kier alpha value is -1.84. The van der Waals surface area contributed by atoms with Gasteiger partial charge >= 0.3 is 5.97 Å². The maximum Gasteiger partial charge on any atom is 0.311 e. The van der Waals surface area contributed by atoms with E-state index in [9.17, 15) is 14.7 Å². The zero-order valence-corrected chi connectivity index (χ0v) is 11.5. The Labute approximate surface area is 113 Å². The van der Waals surface area contributed by atoms with Gasteiger partial charge in [-0.3, -0.25) is 9.59 Å². The van der Waals surface area contributed by atoms with Crippen LogP contribution < -0.4 is 4.90 Å². The summed E-state index contributed by atoms with van der Waals surface area (Å²) in [6.45, 7) is 5.63. The number of benzene rings is 1. The summed E-state index contributed by atoms with van der Waals surface area (Å²) < 4.78 is 0. The number of carboxylic acid groups (broad SMARTS) is 1. The maximum absolute atomic E-state index is 12.3. The van der Waals surface area contributed by atoms with Gasteiger partial charge in [-0.05, 0) is 25.0 Å². The molecule has 0 bridgehead atoms. The van der Waals surface area contributed by atoms with E-state index in [1.54, 1.807) is 11.0 Å². The van der Waals surface area contributed by atoms with E-state index in [2.05, 4.69) is 0 Å². The molecule has 1 amide bonds. The Morgan fingerprint density at radius 1 is 1.32 bits per heavy atom. The normalized spacial score (nSPS) is 22.2. The fourth-order valence-corrected chi connectivity index (χ4v) is 2.66. The van der Waals surface area contributed by atoms with Gasteiger partial charge in [0, 0.05) is 17.6 Å². The highest BCUT2D eigenvalue weighted by Crippen LogP contribution is 2.39. The molecule has 4 heteroatoms. The number of hydrogen-bond donors (Lipinski definition) is 1. The van der Waals surface area contributed by atoms with E-state index in [0.29, 0.717) is 6.42 Å². The number of rotatable bonds is 2. The van der Waals surface area contributed by atoms with E-state index >= 15 is 0 Å². The first-order valence-corrected chi connectivity index (χ1v) is 6.58. The van der Waals surface area contributed by atoms with Gasteiger partial charge in [-0.2, -0.15) is 0 Å². The first-order chi connectivity index (χ1) is 8.93. The molecule has 0 radical (unpaired) electrons. The second kappa shape index (κ2) is 5.03. The van der Waals surface area contributed by atoms with Gasteiger partial charge in [0.05, 0.1) is 5.92 Å². The predicted molar refractivity (Wildman–Crippen MR) is 73.2 cm³/mol. The molecule has 4 nitrogen and oxygen atoms in total. The predicted octanol–water partition coefficient (Wildman–Crippen LogP) is 2.64. The van der Waals surface area contributed by atoms with Crippen LogP contribution in [0, 0.1) is 5.92 Å². The number of carboxylic acids is 1. The molecule has 1 aliphatic rings. The van der Waals surface area contributed by atoms with E-state index in [0.717, 1.165) is 11.3 Å². The quantitative estimate of drug-likeness (QED) is 0.890. The van der Waals surface area contributed by atoms with Crippen molar-refractivity contribution in [2.75, 3.05) is 4.90 Å². The number of aliphatic carboxylic acids is 1. The van der Waals surface area contributed by atoms with Crippen LogP contribution in [0.3, 0.4) is 0 Å². The van der Waals surface area contributed by atoms with Crippen LogP contribution in [0.15, 0.2) is 24.3 Å². The molecule has 2 rings (SSSR count). The second-order valence-corrected chi connectivity index (χ2v) is 5.40. The van der Waals surface area contributed by atoms with Crippen LogP contribution in [0.2, 0.25) is 0 Å². The van der Waals surface area contributed by atoms with Gasteiger partial charge in [0.25, 0.3) is 0 Å². The fraction of sp³-hybridized carbons (Fsp3) is 0.467. The molecule has 0 saturated heterocycles. The van der Waals surface area contributed by atoms with Crippen LogP contribution in [-0.4, -0.2) is 23.0 Å². The highest BCUT2D eigenvalue weighted by Gasteiger charge is 2.37. The summed E-state index contributed by atoms with van der Waals surface area (Å²) in [5, 5.41) is 9.33. The third-order valence-electron chi connectivity index (χ3n) is 3.62. The summed E-state index contributed by atoms with van der Waals surface area (Å²) in [5.74, 6) is -1.40. The Balaban J connectivity index is 2.51. The smallest absolute Gasteiger partial charge is 0.311 e. The van der Waals surface area contributed by atoms with Crippen molar-refractivity contribution in [1.82, 2.24) is 0 Å². The number of anilines is 1. The lowest BCUT2D eigenvalue weighted by Gasteiger charge is -2.38. The van der Waals surface area contributed by atoms with Crippen molar-refractivity contribution in [2.24, 2.45) is 5.92 Å². The van der Waals surface area contributed by atoms with Gasteiger partial charge in [-0.15, -0.1) is 0 Å². The molecule has 0 fully saturated rings. The van der Waals surface area contributed by atoms with E-state index in [4.69, 9.17) is 0 Å². The Morgan fingerprint density at radius 3 is 2.53 bits per heavy atom. The minimum atomic E-state index is -0.823. The van der Waals surface area contributed by atoms with Crippen LogP contribution >= 0.6 is 0 Å². The lowest BCUT2D eigenvalue weighted by Crippen LogP contribution is -2.46. The lowest BCUT2D eigenvalue weighted by molar-refractivity contribution is -0.139. The summed E-state index contributed by atoms with van der Waals surface area (Å²) in [6.07, 6.45) is 0.463. The van der Waals surface area contributed by atoms with Gasteiger partial charge in [0.2, 0.25) is 5.91 Å². The molecule has 2 unspecified atom stereocenters. The van der Waals surface area contributed by atoms with Gasteiger partial charge in [-0.1, -0.05) is 32.0 Å². The van der Waals surface area contributed by atoms with Gasteiger partial charge in [0.1, 0.15) is 0 Å². The van der Waals surface area contributed by atoms with Crippen molar-refractivity contribution >= 4 is 17.6 Å². The molecule has 0 spiro atoms. The minimum Gasteiger partial charge on any atom is -0.481 e. The van der Waals surface area contributed by atoms with Crippen molar-refractivity contribution < 1.29 is 14.7 Å². The average molecular weight is 261 g/mol. The Bertz CT molecular complexity index is 510. The maximum atomic E-state index is 12.3. The van der Waals surface area contributed by atoms with Crippen LogP contribution in [0.1, 0.15) is 38.7 Å². The molecule has 0 aliphatic carbocycles. The molecule has 1 aromatic rings. The first-order valence-electron chi connectivity index (χ1n) is 6.58. The molecule has 1 heterocycles. The van der Waals surface area contributed by atoms with Crippen LogP contribution in [0.5, 0.6) is 0 Å². The average Bonchev–Trinajstić information content (AvgIpc) is 2.36. The number of fused-ring (bicyclic) bond motifs is 1. The van der Waals surface area contributed by atoms with Gasteiger partial charge in [0.15, 0.2) is 0 Å². The van der Waals surface area contributed by atoms with Crippen molar-refractivity contribution in [3.63, 3.8) is 0 Å². The van der Waals surface area contributed by atoms with E-state index in [-0.39, 0.29) is 17.9 Å². The van der Waals surface area contributed by atoms with Gasteiger partial charge < -0.3 is 10.0 Å². The highest BCUT2D eigenvalue weighted by molar-refractivity contribution is 5.98. The lowest BCUT2D eigenvalue weighted by atomic mass is 9.85. The van der Waals surface area contributed by atoms with Crippen LogP contribution in [-0.2, 0) is 9.59 Å². The number of nitrogens with zero attached hydrogens (tertiary/aromatic N) is 1. The summed E-state index contributed by atoms with van der Waals surface area (Å²) >= 11 is 0. The van der Waals surface area contributed by atoms with Crippen LogP contribution in [0.25, 0.3) is 0 Å². The monoisotopic (exact) mass is 261 g/mol. The van der Waals surface area contributed by atoms with Crippen molar-refractivity contribution in [1.29, 1.82) is 0 Å². The van der Waals surface area contributed by atoms with Crippen molar-refractivity contribution in [2.45, 2.75) is 39.2 Å². The fourth-order valence-electron chi connectivity index (χ4n) is 2.66. The molecular weight excluding hydrogens is 242 g/mol. The first kappa shape index (κ1) is 13.6. The standard InChI is InChI=1S/C15H19NO3/c1-9(2)14(17)16-10(3)8-12(15(18)19)11-6-4-5-7-13(11)16/h4-7,9-10,12H,8H2,1-3H3,(H,18,19). The molecule has 1 aliphatic heterocycles. The van der Waals surface area contributed by atoms with E-state index in [1.165, 1.54) is 0 Å². The molecule has 0 saturated carbocycles. The van der Waals surface area contributed by atoms with Crippen LogP contribution in [0.4, 0.5) is 5.69 Å². The molecular formula is C15H19NO3. The SMILES string of the molecule is CC(C)C(=O)N1c2ccccc2C(C(=O)O)CC1C. The molecule has 0 aromatic heterocycles. The van der Waals surface area contributed by atoms with Crippen molar-refractivity contribution in [3.05, 3.63) is 29.8 Å². The minimum absolute atomic E-state index is 0.0452. The number of para-hydroxylation sites is 1. The largest absolute Gasteiger partial charge is 0.481 e. The third kappa shape index (κ3) is 2.35. The molecule has 1 N–H and O–H groups in total.